The van der Waals surface area contributed by atoms with E-state index in [2.05, 4.69) is 10.2 Å². The Kier molecular flexibility index (Phi) is 2.52. The van der Waals surface area contributed by atoms with Gasteiger partial charge in [-0.05, 0) is 26.2 Å². The van der Waals surface area contributed by atoms with Crippen LogP contribution in [0.5, 0.6) is 0 Å². The van der Waals surface area contributed by atoms with Gasteiger partial charge in [-0.3, -0.25) is 0 Å². The molecule has 6 heteroatoms. The molecular formula is C9H16N4O2. The summed E-state index contributed by atoms with van der Waals surface area (Å²) in [6.45, 7) is 3.39. The highest BCUT2D eigenvalue weighted by molar-refractivity contribution is 5.28. The standard InChI is InChI=1S/C9H16N4O2/c1-9(14)3-2-5-13(6-4-9)8-12-11-7(10)15-8/h14H,2-6H2,1H3,(H2,10,11). The Bertz CT molecular complexity index is 337. The van der Waals surface area contributed by atoms with Gasteiger partial charge in [-0.2, -0.15) is 0 Å². The van der Waals surface area contributed by atoms with Crippen LogP contribution in [0.1, 0.15) is 26.2 Å². The van der Waals surface area contributed by atoms with Crippen LogP contribution >= 0.6 is 0 Å². The summed E-state index contributed by atoms with van der Waals surface area (Å²) in [6, 6.07) is 0.534. The van der Waals surface area contributed by atoms with Crippen molar-refractivity contribution >= 4 is 12.0 Å². The molecule has 1 aromatic rings. The summed E-state index contributed by atoms with van der Waals surface area (Å²) < 4.78 is 5.15. The van der Waals surface area contributed by atoms with Gasteiger partial charge in [0.2, 0.25) is 0 Å². The number of nitrogen functional groups attached to an aromatic ring is 1. The van der Waals surface area contributed by atoms with Crippen LogP contribution < -0.4 is 10.6 Å². The fourth-order valence-corrected chi connectivity index (χ4v) is 1.81. The molecule has 0 radical (unpaired) electrons. The first-order valence-corrected chi connectivity index (χ1v) is 5.13. The van der Waals surface area contributed by atoms with Crippen molar-refractivity contribution in [3.8, 4) is 0 Å². The predicted molar refractivity (Wildman–Crippen MR) is 55.4 cm³/mol. The van der Waals surface area contributed by atoms with Crippen molar-refractivity contribution in [2.75, 3.05) is 23.7 Å². The van der Waals surface area contributed by atoms with Crippen molar-refractivity contribution in [1.29, 1.82) is 0 Å². The number of anilines is 2. The van der Waals surface area contributed by atoms with E-state index in [0.29, 0.717) is 19.0 Å². The molecule has 0 aliphatic carbocycles. The van der Waals surface area contributed by atoms with Crippen LogP contribution in [0.3, 0.4) is 0 Å². The average Bonchev–Trinajstić information content (AvgIpc) is 2.49. The van der Waals surface area contributed by atoms with Crippen LogP contribution in [0.2, 0.25) is 0 Å². The van der Waals surface area contributed by atoms with E-state index < -0.39 is 5.60 Å². The minimum atomic E-state index is -0.583. The van der Waals surface area contributed by atoms with Crippen molar-refractivity contribution < 1.29 is 9.52 Å². The summed E-state index contributed by atoms with van der Waals surface area (Å²) in [7, 11) is 0. The second-order valence-corrected chi connectivity index (χ2v) is 4.26. The van der Waals surface area contributed by atoms with E-state index in [0.717, 1.165) is 19.4 Å². The Morgan fingerprint density at radius 3 is 2.87 bits per heavy atom. The van der Waals surface area contributed by atoms with Gasteiger partial charge in [0.25, 0.3) is 0 Å². The highest BCUT2D eigenvalue weighted by Gasteiger charge is 2.26. The van der Waals surface area contributed by atoms with Gasteiger partial charge < -0.3 is 20.2 Å². The van der Waals surface area contributed by atoms with Crippen LogP contribution in [0, 0.1) is 0 Å². The second kappa shape index (κ2) is 3.69. The summed E-state index contributed by atoms with van der Waals surface area (Å²) in [5.74, 6) is 0. The largest absolute Gasteiger partial charge is 0.390 e. The molecule has 0 bridgehead atoms. The molecule has 0 saturated carbocycles. The van der Waals surface area contributed by atoms with Crippen LogP contribution in [-0.2, 0) is 0 Å². The molecule has 1 fully saturated rings. The van der Waals surface area contributed by atoms with Crippen LogP contribution in [0.25, 0.3) is 0 Å². The van der Waals surface area contributed by atoms with Gasteiger partial charge in [-0.1, -0.05) is 10.2 Å². The lowest BCUT2D eigenvalue weighted by Crippen LogP contribution is -2.28. The normalized spacial score (nSPS) is 27.7. The zero-order valence-corrected chi connectivity index (χ0v) is 8.81. The third-order valence-corrected chi connectivity index (χ3v) is 2.76. The van der Waals surface area contributed by atoms with E-state index in [9.17, 15) is 5.11 Å². The maximum absolute atomic E-state index is 9.91. The molecule has 6 nitrogen and oxygen atoms in total. The molecule has 0 amide bonds. The Hall–Kier alpha value is -1.30. The minimum absolute atomic E-state index is 0.0843. The van der Waals surface area contributed by atoms with Crippen molar-refractivity contribution in [2.45, 2.75) is 31.8 Å². The summed E-state index contributed by atoms with van der Waals surface area (Å²) in [6.07, 6.45) is 2.41. The Balaban J connectivity index is 2.05. The summed E-state index contributed by atoms with van der Waals surface area (Å²) >= 11 is 0. The highest BCUT2D eigenvalue weighted by atomic mass is 16.4. The lowest BCUT2D eigenvalue weighted by atomic mass is 9.98. The second-order valence-electron chi connectivity index (χ2n) is 4.26. The zero-order valence-electron chi connectivity index (χ0n) is 8.81. The number of aromatic nitrogens is 2. The maximum Gasteiger partial charge on any atom is 0.319 e. The Morgan fingerprint density at radius 2 is 2.20 bits per heavy atom. The smallest absolute Gasteiger partial charge is 0.319 e. The first-order valence-electron chi connectivity index (χ1n) is 5.13. The molecule has 3 N–H and O–H groups in total. The monoisotopic (exact) mass is 212 g/mol. The molecule has 2 rings (SSSR count). The molecular weight excluding hydrogens is 196 g/mol. The van der Waals surface area contributed by atoms with E-state index in [1.165, 1.54) is 0 Å². The summed E-state index contributed by atoms with van der Waals surface area (Å²) in [4.78, 5) is 1.96. The van der Waals surface area contributed by atoms with Crippen LogP contribution in [0.15, 0.2) is 4.42 Å². The van der Waals surface area contributed by atoms with Gasteiger partial charge in [-0.25, -0.2) is 0 Å². The van der Waals surface area contributed by atoms with Crippen LogP contribution in [0.4, 0.5) is 12.0 Å². The van der Waals surface area contributed by atoms with Gasteiger partial charge in [0.05, 0.1) is 5.60 Å². The van der Waals surface area contributed by atoms with E-state index in [1.54, 1.807) is 0 Å². The minimum Gasteiger partial charge on any atom is -0.390 e. The Morgan fingerprint density at radius 1 is 1.40 bits per heavy atom. The molecule has 1 saturated heterocycles. The number of nitrogens with zero attached hydrogens (tertiary/aromatic N) is 3. The zero-order chi connectivity index (χ0) is 10.9. The molecule has 15 heavy (non-hydrogen) atoms. The molecule has 1 unspecified atom stereocenters. The molecule has 1 atom stereocenters. The number of aliphatic hydroxyl groups is 1. The molecule has 84 valence electrons. The third kappa shape index (κ3) is 2.38. The van der Waals surface area contributed by atoms with E-state index in [4.69, 9.17) is 10.2 Å². The average molecular weight is 212 g/mol. The van der Waals surface area contributed by atoms with E-state index >= 15 is 0 Å². The van der Waals surface area contributed by atoms with Gasteiger partial charge in [0.15, 0.2) is 0 Å². The fourth-order valence-electron chi connectivity index (χ4n) is 1.81. The van der Waals surface area contributed by atoms with Crippen molar-refractivity contribution in [3.05, 3.63) is 0 Å². The van der Waals surface area contributed by atoms with Gasteiger partial charge in [0, 0.05) is 13.1 Å². The lowest BCUT2D eigenvalue weighted by molar-refractivity contribution is 0.0481. The summed E-state index contributed by atoms with van der Waals surface area (Å²) in [5, 5.41) is 17.4. The molecule has 2 heterocycles. The van der Waals surface area contributed by atoms with E-state index in [-0.39, 0.29) is 6.01 Å². The Labute approximate surface area is 88.1 Å². The molecule has 1 aliphatic heterocycles. The maximum atomic E-state index is 9.91. The van der Waals surface area contributed by atoms with Gasteiger partial charge >= 0.3 is 12.0 Å². The highest BCUT2D eigenvalue weighted by Crippen LogP contribution is 2.24. The lowest BCUT2D eigenvalue weighted by Gasteiger charge is -2.20. The van der Waals surface area contributed by atoms with Crippen LogP contribution in [-0.4, -0.2) is 34.0 Å². The third-order valence-electron chi connectivity index (χ3n) is 2.76. The van der Waals surface area contributed by atoms with Crippen molar-refractivity contribution in [1.82, 2.24) is 10.2 Å². The fraction of sp³-hybridized carbons (Fsp3) is 0.778. The number of nitrogens with two attached hydrogens (primary N) is 1. The molecule has 0 spiro atoms. The quantitative estimate of drug-likeness (QED) is 0.700. The number of hydrogen-bond acceptors (Lipinski definition) is 6. The first-order chi connectivity index (χ1) is 7.07. The predicted octanol–water partition coefficient (Wildman–Crippen LogP) is 0.393. The van der Waals surface area contributed by atoms with Crippen molar-refractivity contribution in [2.24, 2.45) is 0 Å². The first kappa shape index (κ1) is 10.2. The molecule has 0 aromatic carbocycles. The number of hydrogen-bond donors (Lipinski definition) is 2. The summed E-state index contributed by atoms with van der Waals surface area (Å²) in [5.41, 5.74) is 4.78. The van der Waals surface area contributed by atoms with Gasteiger partial charge in [0.1, 0.15) is 0 Å². The number of rotatable bonds is 1. The molecule has 1 aliphatic rings. The molecule has 1 aromatic heterocycles. The SMILES string of the molecule is CC1(O)CCCN(c2nnc(N)o2)CC1. The van der Waals surface area contributed by atoms with Gasteiger partial charge in [-0.15, -0.1) is 0 Å². The van der Waals surface area contributed by atoms with E-state index in [1.807, 2.05) is 11.8 Å². The van der Waals surface area contributed by atoms with Crippen molar-refractivity contribution in [3.63, 3.8) is 0 Å². The topological polar surface area (TPSA) is 88.4 Å².